The lowest BCUT2D eigenvalue weighted by Crippen LogP contribution is -2.45. The Morgan fingerprint density at radius 2 is 2.17 bits per heavy atom. The average Bonchev–Trinajstić information content (AvgIpc) is 2.32. The Labute approximate surface area is 110 Å². The number of likely N-dealkylation sites (tertiary alicyclic amines) is 1. The number of carbonyl (C=O) groups excluding carboxylic acids is 1. The molecule has 1 saturated carbocycles. The maximum absolute atomic E-state index is 12.2. The van der Waals surface area contributed by atoms with Crippen LogP contribution in [0.2, 0.25) is 0 Å². The van der Waals surface area contributed by atoms with Crippen molar-refractivity contribution in [1.82, 2.24) is 4.90 Å². The Hall–Kier alpha value is -0.610. The fourth-order valence-corrected chi connectivity index (χ4v) is 3.25. The van der Waals surface area contributed by atoms with E-state index >= 15 is 0 Å². The molecule has 2 aliphatic rings. The van der Waals surface area contributed by atoms with Gasteiger partial charge in [-0.15, -0.1) is 0 Å². The summed E-state index contributed by atoms with van der Waals surface area (Å²) in [5.74, 6) is 0.938. The highest BCUT2D eigenvalue weighted by atomic mass is 16.3. The van der Waals surface area contributed by atoms with Gasteiger partial charge in [0, 0.05) is 25.6 Å². The molecule has 1 aliphatic carbocycles. The predicted octanol–water partition coefficient (Wildman–Crippen LogP) is 1.12. The molecule has 2 fully saturated rings. The molecule has 1 aliphatic heterocycles. The highest BCUT2D eigenvalue weighted by molar-refractivity contribution is 5.76. The van der Waals surface area contributed by atoms with Crippen molar-refractivity contribution >= 4 is 5.91 Å². The van der Waals surface area contributed by atoms with E-state index in [4.69, 9.17) is 5.73 Å². The molecule has 0 spiro atoms. The van der Waals surface area contributed by atoms with E-state index in [9.17, 15) is 9.90 Å². The average molecular weight is 254 g/mol. The molecule has 2 rings (SSSR count). The Morgan fingerprint density at radius 1 is 1.39 bits per heavy atom. The van der Waals surface area contributed by atoms with Gasteiger partial charge in [-0.2, -0.15) is 0 Å². The van der Waals surface area contributed by atoms with Crippen LogP contribution in [-0.2, 0) is 4.79 Å². The van der Waals surface area contributed by atoms with E-state index in [1.165, 1.54) is 0 Å². The summed E-state index contributed by atoms with van der Waals surface area (Å²) in [6.07, 6.45) is 5.54. The molecule has 0 bridgehead atoms. The van der Waals surface area contributed by atoms with Crippen LogP contribution in [0.1, 0.15) is 45.4 Å². The summed E-state index contributed by atoms with van der Waals surface area (Å²) in [6, 6.07) is 0.290. The lowest BCUT2D eigenvalue weighted by molar-refractivity contribution is -0.136. The van der Waals surface area contributed by atoms with Gasteiger partial charge in [-0.25, -0.2) is 0 Å². The van der Waals surface area contributed by atoms with E-state index in [2.05, 4.69) is 0 Å². The molecule has 0 aromatic carbocycles. The van der Waals surface area contributed by atoms with Gasteiger partial charge in [-0.1, -0.05) is 13.3 Å². The first kappa shape index (κ1) is 13.8. The quantitative estimate of drug-likeness (QED) is 0.776. The largest absolute Gasteiger partial charge is 0.393 e. The van der Waals surface area contributed by atoms with E-state index in [-0.39, 0.29) is 17.9 Å². The third kappa shape index (κ3) is 3.45. The molecule has 104 valence electrons. The van der Waals surface area contributed by atoms with E-state index < -0.39 is 0 Å². The second kappa shape index (κ2) is 6.02. The highest BCUT2D eigenvalue weighted by Crippen LogP contribution is 2.27. The summed E-state index contributed by atoms with van der Waals surface area (Å²) < 4.78 is 0. The van der Waals surface area contributed by atoms with Crippen LogP contribution >= 0.6 is 0 Å². The van der Waals surface area contributed by atoms with Gasteiger partial charge in [-0.05, 0) is 37.5 Å². The number of rotatable bonds is 2. The molecule has 4 atom stereocenters. The molecule has 4 unspecified atom stereocenters. The summed E-state index contributed by atoms with van der Waals surface area (Å²) >= 11 is 0. The molecule has 18 heavy (non-hydrogen) atoms. The smallest absolute Gasteiger partial charge is 0.222 e. The van der Waals surface area contributed by atoms with Crippen LogP contribution in [0.5, 0.6) is 0 Å². The van der Waals surface area contributed by atoms with Gasteiger partial charge in [0.1, 0.15) is 0 Å². The van der Waals surface area contributed by atoms with Gasteiger partial charge in [-0.3, -0.25) is 4.79 Å². The number of nitrogens with zero attached hydrogens (tertiary/aromatic N) is 1. The van der Waals surface area contributed by atoms with Crippen molar-refractivity contribution in [3.63, 3.8) is 0 Å². The zero-order chi connectivity index (χ0) is 13.1. The fraction of sp³-hybridized carbons (Fsp3) is 0.929. The van der Waals surface area contributed by atoms with Crippen LogP contribution in [0.25, 0.3) is 0 Å². The fourth-order valence-electron chi connectivity index (χ4n) is 3.25. The second-order valence-corrected chi connectivity index (χ2v) is 6.17. The first-order valence-electron chi connectivity index (χ1n) is 7.27. The lowest BCUT2D eigenvalue weighted by Gasteiger charge is -2.36. The van der Waals surface area contributed by atoms with E-state index in [1.807, 2.05) is 11.8 Å². The normalized spacial score (nSPS) is 37.6. The summed E-state index contributed by atoms with van der Waals surface area (Å²) in [4.78, 5) is 14.2. The summed E-state index contributed by atoms with van der Waals surface area (Å²) in [5, 5.41) is 9.68. The van der Waals surface area contributed by atoms with Crippen LogP contribution in [0.15, 0.2) is 0 Å². The second-order valence-electron chi connectivity index (χ2n) is 6.17. The Morgan fingerprint density at radius 3 is 2.83 bits per heavy atom. The summed E-state index contributed by atoms with van der Waals surface area (Å²) in [6.45, 7) is 3.43. The number of hydrogen-bond acceptors (Lipinski definition) is 3. The molecular weight excluding hydrogens is 228 g/mol. The lowest BCUT2D eigenvalue weighted by atomic mass is 9.83. The summed E-state index contributed by atoms with van der Waals surface area (Å²) in [5.41, 5.74) is 5.96. The van der Waals surface area contributed by atoms with Crippen molar-refractivity contribution in [3.8, 4) is 0 Å². The van der Waals surface area contributed by atoms with E-state index in [0.29, 0.717) is 31.5 Å². The first-order chi connectivity index (χ1) is 8.56. The van der Waals surface area contributed by atoms with Gasteiger partial charge >= 0.3 is 0 Å². The standard InChI is InChI=1S/C14H26N2O2/c1-10-9-16(6-5-13(10)17)14(18)8-11-3-2-4-12(15)7-11/h10-13,17H,2-9,15H2,1H3. The molecule has 1 saturated heterocycles. The molecule has 1 heterocycles. The molecular formula is C14H26N2O2. The van der Waals surface area contributed by atoms with Crippen LogP contribution in [0.4, 0.5) is 0 Å². The first-order valence-corrected chi connectivity index (χ1v) is 7.27. The highest BCUT2D eigenvalue weighted by Gasteiger charge is 2.29. The number of aliphatic hydroxyl groups excluding tert-OH is 1. The Kier molecular flexibility index (Phi) is 4.62. The van der Waals surface area contributed by atoms with Crippen molar-refractivity contribution in [2.45, 2.75) is 57.6 Å². The Balaban J connectivity index is 1.80. The molecule has 0 aromatic heterocycles. The van der Waals surface area contributed by atoms with Gasteiger partial charge < -0.3 is 15.7 Å². The minimum absolute atomic E-state index is 0.205. The maximum atomic E-state index is 12.2. The third-order valence-corrected chi connectivity index (χ3v) is 4.50. The van der Waals surface area contributed by atoms with Gasteiger partial charge in [0.2, 0.25) is 5.91 Å². The van der Waals surface area contributed by atoms with E-state index in [1.54, 1.807) is 0 Å². The molecule has 4 heteroatoms. The summed E-state index contributed by atoms with van der Waals surface area (Å²) in [7, 11) is 0. The third-order valence-electron chi connectivity index (χ3n) is 4.50. The van der Waals surface area contributed by atoms with Crippen LogP contribution in [0.3, 0.4) is 0 Å². The number of amides is 1. The topological polar surface area (TPSA) is 66.6 Å². The van der Waals surface area contributed by atoms with Gasteiger partial charge in [0.15, 0.2) is 0 Å². The van der Waals surface area contributed by atoms with Crippen molar-refractivity contribution in [1.29, 1.82) is 0 Å². The number of hydrogen-bond donors (Lipinski definition) is 2. The van der Waals surface area contributed by atoms with Gasteiger partial charge in [0.25, 0.3) is 0 Å². The number of carbonyl (C=O) groups is 1. The van der Waals surface area contributed by atoms with Crippen molar-refractivity contribution in [3.05, 3.63) is 0 Å². The van der Waals surface area contributed by atoms with Crippen LogP contribution < -0.4 is 5.73 Å². The number of aliphatic hydroxyl groups is 1. The van der Waals surface area contributed by atoms with Crippen LogP contribution in [0, 0.1) is 11.8 Å². The zero-order valence-corrected chi connectivity index (χ0v) is 11.3. The van der Waals surface area contributed by atoms with Crippen molar-refractivity contribution in [2.24, 2.45) is 17.6 Å². The Bertz CT molecular complexity index is 296. The molecule has 1 amide bonds. The number of piperidine rings is 1. The predicted molar refractivity (Wildman–Crippen MR) is 70.9 cm³/mol. The molecule has 3 N–H and O–H groups in total. The van der Waals surface area contributed by atoms with E-state index in [0.717, 1.165) is 32.1 Å². The maximum Gasteiger partial charge on any atom is 0.222 e. The molecule has 0 radical (unpaired) electrons. The van der Waals surface area contributed by atoms with Crippen molar-refractivity contribution < 1.29 is 9.90 Å². The number of nitrogens with two attached hydrogens (primary N) is 1. The minimum atomic E-state index is -0.239. The van der Waals surface area contributed by atoms with Crippen molar-refractivity contribution in [2.75, 3.05) is 13.1 Å². The molecule has 4 nitrogen and oxygen atoms in total. The van der Waals surface area contributed by atoms with Gasteiger partial charge in [0.05, 0.1) is 6.10 Å². The molecule has 0 aromatic rings. The zero-order valence-electron chi connectivity index (χ0n) is 11.3. The monoisotopic (exact) mass is 254 g/mol. The minimum Gasteiger partial charge on any atom is -0.393 e. The SMILES string of the molecule is CC1CN(C(=O)CC2CCCC(N)C2)CCC1O. The van der Waals surface area contributed by atoms with Crippen LogP contribution in [-0.4, -0.2) is 41.1 Å².